The smallest absolute Gasteiger partial charge is 0.260 e. The number of hydrogen-bond donors (Lipinski definition) is 1. The normalized spacial score (nSPS) is 27.7. The molecule has 0 radical (unpaired) electrons. The molecular weight excluding hydrogens is 394 g/mol. The first kappa shape index (κ1) is 21.5. The van der Waals surface area contributed by atoms with Crippen molar-refractivity contribution in [2.24, 2.45) is 5.92 Å². The molecule has 30 heavy (non-hydrogen) atoms. The zero-order chi connectivity index (χ0) is 21.1. The van der Waals surface area contributed by atoms with Crippen molar-refractivity contribution in [3.63, 3.8) is 0 Å². The number of piperidine rings is 1. The Kier molecular flexibility index (Phi) is 6.87. The van der Waals surface area contributed by atoms with Gasteiger partial charge in [0.2, 0.25) is 5.91 Å². The molecule has 3 aliphatic heterocycles. The van der Waals surface area contributed by atoms with Gasteiger partial charge in [0, 0.05) is 31.8 Å². The van der Waals surface area contributed by atoms with Crippen LogP contribution < -0.4 is 5.32 Å². The lowest BCUT2D eigenvalue weighted by atomic mass is 9.85. The number of alkyl halides is 2. The van der Waals surface area contributed by atoms with Gasteiger partial charge >= 0.3 is 0 Å². The Labute approximate surface area is 176 Å². The fraction of sp³-hybridized carbons (Fsp3) is 0.810. The highest BCUT2D eigenvalue weighted by Gasteiger charge is 2.38. The second-order valence-corrected chi connectivity index (χ2v) is 8.73. The van der Waals surface area contributed by atoms with Crippen LogP contribution in [0, 0.1) is 12.8 Å². The van der Waals surface area contributed by atoms with Crippen molar-refractivity contribution in [3.05, 3.63) is 11.8 Å². The van der Waals surface area contributed by atoms with Gasteiger partial charge in [-0.1, -0.05) is 0 Å². The predicted octanol–water partition coefficient (Wildman–Crippen LogP) is 3.01. The summed E-state index contributed by atoms with van der Waals surface area (Å²) in [6.07, 6.45) is 2.86. The lowest BCUT2D eigenvalue weighted by molar-refractivity contribution is -0.139. The van der Waals surface area contributed by atoms with Gasteiger partial charge < -0.3 is 19.7 Å². The summed E-state index contributed by atoms with van der Waals surface area (Å²) in [6, 6.07) is 0.910. The molecule has 1 unspecified atom stereocenters. The van der Waals surface area contributed by atoms with E-state index in [4.69, 9.17) is 9.47 Å². The first-order valence-electron chi connectivity index (χ1n) is 11.1. The van der Waals surface area contributed by atoms with Crippen LogP contribution in [0.2, 0.25) is 0 Å². The monoisotopic (exact) mass is 426 g/mol. The number of ether oxygens (including phenoxy) is 2. The highest BCUT2D eigenvalue weighted by atomic mass is 19.3. The summed E-state index contributed by atoms with van der Waals surface area (Å²) in [4.78, 5) is 14.3. The van der Waals surface area contributed by atoms with E-state index in [0.29, 0.717) is 31.9 Å². The molecule has 0 spiro atoms. The quantitative estimate of drug-likeness (QED) is 0.757. The molecule has 1 amide bonds. The maximum atomic E-state index is 13.6. The Bertz CT molecular complexity index is 715. The van der Waals surface area contributed by atoms with Crippen LogP contribution in [0.3, 0.4) is 0 Å². The van der Waals surface area contributed by atoms with E-state index < -0.39 is 12.5 Å². The van der Waals surface area contributed by atoms with Gasteiger partial charge in [0.25, 0.3) is 6.43 Å². The summed E-state index contributed by atoms with van der Waals surface area (Å²) in [5, 5.41) is 7.64. The fourth-order valence-corrected chi connectivity index (χ4v) is 4.87. The van der Waals surface area contributed by atoms with Crippen molar-refractivity contribution in [2.45, 2.75) is 70.1 Å². The highest BCUT2D eigenvalue weighted by Crippen LogP contribution is 2.36. The third kappa shape index (κ3) is 4.94. The van der Waals surface area contributed by atoms with Gasteiger partial charge in [0.05, 0.1) is 18.4 Å². The number of aryl methyl sites for hydroxylation is 1. The number of nitrogens with one attached hydrogen (secondary N) is 1. The van der Waals surface area contributed by atoms with Gasteiger partial charge in [-0.15, -0.1) is 0 Å². The molecule has 0 aromatic carbocycles. The summed E-state index contributed by atoms with van der Waals surface area (Å²) < 4.78 is 39.9. The Morgan fingerprint density at radius 1 is 1.33 bits per heavy atom. The van der Waals surface area contributed by atoms with Crippen molar-refractivity contribution in [3.8, 4) is 0 Å². The van der Waals surface area contributed by atoms with Crippen molar-refractivity contribution in [1.82, 2.24) is 14.7 Å². The summed E-state index contributed by atoms with van der Waals surface area (Å²) >= 11 is 0. The van der Waals surface area contributed by atoms with E-state index in [1.54, 1.807) is 0 Å². The molecule has 0 aliphatic carbocycles. The van der Waals surface area contributed by atoms with Crippen LogP contribution in [0.5, 0.6) is 0 Å². The largest absolute Gasteiger partial charge is 0.376 e. The maximum absolute atomic E-state index is 13.6. The average molecular weight is 427 g/mol. The van der Waals surface area contributed by atoms with Gasteiger partial charge in [-0.05, 0) is 51.4 Å². The molecule has 1 aromatic rings. The number of anilines is 1. The zero-order valence-corrected chi connectivity index (χ0v) is 17.6. The predicted molar refractivity (Wildman–Crippen MR) is 108 cm³/mol. The second-order valence-electron chi connectivity index (χ2n) is 8.73. The number of fused-ring (bicyclic) bond motifs is 1. The van der Waals surface area contributed by atoms with Gasteiger partial charge in [0.1, 0.15) is 18.5 Å². The molecule has 3 aliphatic rings. The second kappa shape index (κ2) is 9.60. The number of rotatable bonds is 6. The van der Waals surface area contributed by atoms with Gasteiger partial charge in [-0.2, -0.15) is 5.10 Å². The summed E-state index contributed by atoms with van der Waals surface area (Å²) in [7, 11) is 0. The van der Waals surface area contributed by atoms with Crippen LogP contribution in [0.25, 0.3) is 0 Å². The molecule has 2 saturated heterocycles. The van der Waals surface area contributed by atoms with E-state index in [-0.39, 0.29) is 30.6 Å². The van der Waals surface area contributed by atoms with E-state index in [2.05, 4.69) is 10.4 Å². The topological polar surface area (TPSA) is 68.6 Å². The minimum Gasteiger partial charge on any atom is -0.376 e. The Morgan fingerprint density at radius 3 is 2.83 bits per heavy atom. The molecule has 9 heteroatoms. The molecule has 0 bridgehead atoms. The van der Waals surface area contributed by atoms with E-state index in [1.165, 1.54) is 4.68 Å². The molecule has 1 aromatic heterocycles. The first-order valence-corrected chi connectivity index (χ1v) is 11.1. The SMILES string of the molecule is Cc1cc2n(n1)[C@@H](C(F)F)C[C@@H](C1CCN(C(=O)COCC3CCCCO3)CC1)N2. The summed E-state index contributed by atoms with van der Waals surface area (Å²) in [5.74, 6) is 0.932. The molecule has 0 saturated carbocycles. The van der Waals surface area contributed by atoms with Crippen LogP contribution in [-0.2, 0) is 14.3 Å². The van der Waals surface area contributed by atoms with Crippen LogP contribution in [0.15, 0.2) is 6.07 Å². The molecule has 7 nitrogen and oxygen atoms in total. The van der Waals surface area contributed by atoms with Crippen LogP contribution in [-0.4, -0.2) is 72.1 Å². The highest BCUT2D eigenvalue weighted by molar-refractivity contribution is 5.77. The molecule has 3 atom stereocenters. The number of halogens is 2. The van der Waals surface area contributed by atoms with Crippen LogP contribution in [0.4, 0.5) is 14.6 Å². The summed E-state index contributed by atoms with van der Waals surface area (Å²) in [5.41, 5.74) is 0.739. The van der Waals surface area contributed by atoms with Crippen molar-refractivity contribution in [2.75, 3.05) is 38.2 Å². The number of hydrogen-bond acceptors (Lipinski definition) is 5. The Hall–Kier alpha value is -1.74. The molecule has 168 valence electrons. The van der Waals surface area contributed by atoms with Crippen molar-refractivity contribution in [1.29, 1.82) is 0 Å². The molecular formula is C21H32F2N4O3. The lowest BCUT2D eigenvalue weighted by Crippen LogP contribution is -2.46. The van der Waals surface area contributed by atoms with E-state index in [1.807, 2.05) is 17.9 Å². The average Bonchev–Trinajstić information content (AvgIpc) is 3.13. The van der Waals surface area contributed by atoms with Crippen molar-refractivity contribution < 1.29 is 23.0 Å². The number of aromatic nitrogens is 2. The van der Waals surface area contributed by atoms with Crippen LogP contribution >= 0.6 is 0 Å². The molecule has 4 heterocycles. The zero-order valence-electron chi connectivity index (χ0n) is 17.6. The number of carbonyl (C=O) groups excluding carboxylic acids is 1. The van der Waals surface area contributed by atoms with E-state index in [9.17, 15) is 13.6 Å². The Morgan fingerprint density at radius 2 is 2.13 bits per heavy atom. The minimum absolute atomic E-state index is 0.0000194. The van der Waals surface area contributed by atoms with Gasteiger partial charge in [-0.3, -0.25) is 4.79 Å². The lowest BCUT2D eigenvalue weighted by Gasteiger charge is -2.40. The Balaban J connectivity index is 1.24. The van der Waals surface area contributed by atoms with E-state index in [0.717, 1.165) is 44.4 Å². The third-order valence-electron chi connectivity index (χ3n) is 6.56. The van der Waals surface area contributed by atoms with Crippen molar-refractivity contribution >= 4 is 11.7 Å². The maximum Gasteiger partial charge on any atom is 0.260 e. The third-order valence-corrected chi connectivity index (χ3v) is 6.56. The first-order chi connectivity index (χ1) is 14.5. The standard InChI is InChI=1S/C21H32F2N4O3/c1-14-10-19-24-17(11-18(21(22)23)27(19)25-14)15-5-7-26(8-6-15)20(28)13-29-12-16-4-2-3-9-30-16/h10,15-18,21,24H,2-9,11-13H2,1H3/t16?,17-,18+/m0/s1. The number of carbonyl (C=O) groups is 1. The molecule has 1 N–H and O–H groups in total. The fourth-order valence-electron chi connectivity index (χ4n) is 4.87. The molecule has 2 fully saturated rings. The minimum atomic E-state index is -2.44. The number of nitrogens with zero attached hydrogens (tertiary/aromatic N) is 3. The van der Waals surface area contributed by atoms with Crippen LogP contribution in [0.1, 0.15) is 50.3 Å². The summed E-state index contributed by atoms with van der Waals surface area (Å²) in [6.45, 7) is 4.42. The van der Waals surface area contributed by atoms with Gasteiger partial charge in [0.15, 0.2) is 0 Å². The van der Waals surface area contributed by atoms with E-state index >= 15 is 0 Å². The van der Waals surface area contributed by atoms with Gasteiger partial charge in [-0.25, -0.2) is 13.5 Å². The number of amides is 1. The molecule has 4 rings (SSSR count). The number of likely N-dealkylation sites (tertiary alicyclic amines) is 1.